The molecule has 0 saturated carbocycles. The van der Waals surface area contributed by atoms with E-state index in [4.69, 9.17) is 20.3 Å². The van der Waals surface area contributed by atoms with Crippen LogP contribution in [0.4, 0.5) is 24.2 Å². The molecule has 2 aromatic heterocycles. The van der Waals surface area contributed by atoms with Crippen LogP contribution in [0.25, 0.3) is 0 Å². The number of ether oxygens (including phenoxy) is 2. The van der Waals surface area contributed by atoms with Gasteiger partial charge in [0.2, 0.25) is 0 Å². The summed E-state index contributed by atoms with van der Waals surface area (Å²) in [7, 11) is 1.64. The van der Waals surface area contributed by atoms with Gasteiger partial charge >= 0.3 is 12.1 Å². The summed E-state index contributed by atoms with van der Waals surface area (Å²) in [6.45, 7) is 5.51. The smallest absolute Gasteiger partial charge is 0.416 e. The van der Waals surface area contributed by atoms with Crippen LogP contribution in [-0.4, -0.2) is 70.0 Å². The molecule has 0 radical (unpaired) electrons. The number of benzene rings is 1. The number of primary amides is 1. The van der Waals surface area contributed by atoms with E-state index in [1.165, 1.54) is 4.90 Å². The Bertz CT molecular complexity index is 1540. The first-order valence-electron chi connectivity index (χ1n) is 15.2. The summed E-state index contributed by atoms with van der Waals surface area (Å²) in [5, 5.41) is 9.03. The largest absolute Gasteiger partial charge is 0.437 e. The van der Waals surface area contributed by atoms with E-state index in [1.807, 2.05) is 26.0 Å². The summed E-state index contributed by atoms with van der Waals surface area (Å²) in [6.07, 6.45) is 6.54. The number of fused-ring (bicyclic) bond motifs is 3. The molecule has 1 fully saturated rings. The Kier molecular flexibility index (Phi) is 9.40. The maximum Gasteiger partial charge on any atom is 0.416 e. The summed E-state index contributed by atoms with van der Waals surface area (Å²) >= 11 is 0. The van der Waals surface area contributed by atoms with Gasteiger partial charge in [0.15, 0.2) is 11.6 Å². The van der Waals surface area contributed by atoms with Gasteiger partial charge in [0.1, 0.15) is 22.8 Å². The van der Waals surface area contributed by atoms with Crippen LogP contribution in [0.5, 0.6) is 0 Å². The van der Waals surface area contributed by atoms with Crippen LogP contribution in [0.15, 0.2) is 42.7 Å². The van der Waals surface area contributed by atoms with Gasteiger partial charge in [0.05, 0.1) is 25.1 Å². The van der Waals surface area contributed by atoms with Gasteiger partial charge in [0.25, 0.3) is 0 Å². The Labute approximate surface area is 260 Å². The highest BCUT2D eigenvalue weighted by molar-refractivity contribution is 5.89. The second kappa shape index (κ2) is 13.1. The maximum absolute atomic E-state index is 14.3. The van der Waals surface area contributed by atoms with Gasteiger partial charge in [-0.1, -0.05) is 12.1 Å². The number of aromatic nitrogens is 3. The van der Waals surface area contributed by atoms with Crippen LogP contribution in [0.2, 0.25) is 0 Å². The molecule has 1 spiro atoms. The predicted octanol–water partition coefficient (Wildman–Crippen LogP) is 4.56. The quantitative estimate of drug-likeness (QED) is 0.424. The fourth-order valence-electron chi connectivity index (χ4n) is 6.44. The van der Waals surface area contributed by atoms with Crippen molar-refractivity contribution in [3.8, 4) is 0 Å². The number of urea groups is 1. The first-order valence-corrected chi connectivity index (χ1v) is 15.2. The summed E-state index contributed by atoms with van der Waals surface area (Å²) in [6, 6.07) is 7.68. The first-order chi connectivity index (χ1) is 21.5. The van der Waals surface area contributed by atoms with Gasteiger partial charge in [0, 0.05) is 63.6 Å². The zero-order valence-electron chi connectivity index (χ0n) is 25.8. The van der Waals surface area contributed by atoms with E-state index < -0.39 is 35.0 Å². The lowest BCUT2D eigenvalue weighted by atomic mass is 9.83. The molecule has 1 atom stereocenters. The number of amides is 3. The summed E-state index contributed by atoms with van der Waals surface area (Å²) in [4.78, 5) is 35.0. The fourth-order valence-corrected chi connectivity index (χ4v) is 6.44. The molecule has 3 aromatic rings. The molecule has 0 bridgehead atoms. The minimum atomic E-state index is -0.806. The normalized spacial score (nSPS) is 19.2. The lowest BCUT2D eigenvalue weighted by molar-refractivity contribution is -0.0421. The van der Waals surface area contributed by atoms with Crippen molar-refractivity contribution < 1.29 is 33.0 Å². The number of halogens is 2. The third-order valence-corrected chi connectivity index (χ3v) is 8.92. The molecule has 3 aliphatic rings. The van der Waals surface area contributed by atoms with Gasteiger partial charge in [-0.25, -0.2) is 28.3 Å². The molecule has 45 heavy (non-hydrogen) atoms. The number of aliphatic hydroxyl groups is 1. The van der Waals surface area contributed by atoms with Crippen LogP contribution in [0.3, 0.4) is 0 Å². The molecule has 11 nitrogen and oxygen atoms in total. The Morgan fingerprint density at radius 1 is 1.20 bits per heavy atom. The molecule has 1 saturated heterocycles. The van der Waals surface area contributed by atoms with Gasteiger partial charge in [-0.05, 0) is 50.5 Å². The molecule has 5 heterocycles. The average Bonchev–Trinajstić information content (AvgIpc) is 3.32. The molecule has 3 amide bonds. The van der Waals surface area contributed by atoms with Crippen molar-refractivity contribution in [1.29, 1.82) is 0 Å². The zero-order chi connectivity index (χ0) is 32.4. The van der Waals surface area contributed by atoms with Crippen molar-refractivity contribution in [3.05, 3.63) is 77.0 Å². The van der Waals surface area contributed by atoms with Gasteiger partial charge < -0.3 is 29.8 Å². The van der Waals surface area contributed by atoms with E-state index in [1.54, 1.807) is 36.5 Å². The standard InChI is InChI=1S/C19H24F2N2O2.C13H16N4O3/c1-19(2,25-10-9-24)16-11-22-17-8-3-5-13(12-23(16)17)14-6-4-7-15(20)18(14)21;1-16-10-9(3-2-6-15-10)13(20-12(16)19)4-7-17(8-5-13)11(14)18/h4,6-7,11,13,24H,3,5,8-10,12H2,1-2H3;2-3,6H,4-5,7-8H2,1H3,(H2,14,18). The number of rotatable bonds is 5. The number of aryl methyl sites for hydroxylation is 1. The number of carbonyl (C=O) groups excluding carboxylic acids is 2. The summed E-state index contributed by atoms with van der Waals surface area (Å²) in [5.74, 6) is -0.113. The van der Waals surface area contributed by atoms with E-state index in [9.17, 15) is 18.4 Å². The van der Waals surface area contributed by atoms with Gasteiger partial charge in [-0.2, -0.15) is 0 Å². The number of likely N-dealkylation sites (tertiary alicyclic amines) is 1. The number of imidazole rings is 1. The second-order valence-corrected chi connectivity index (χ2v) is 12.1. The highest BCUT2D eigenvalue weighted by Gasteiger charge is 2.47. The monoisotopic (exact) mass is 626 g/mol. The number of hydrogen-bond acceptors (Lipinski definition) is 7. The minimum Gasteiger partial charge on any atom is -0.437 e. The Hall–Kier alpha value is -4.10. The third-order valence-electron chi connectivity index (χ3n) is 8.92. The number of nitrogens with zero attached hydrogens (tertiary/aromatic N) is 5. The Morgan fingerprint density at radius 2 is 1.96 bits per heavy atom. The lowest BCUT2D eigenvalue weighted by Gasteiger charge is -2.45. The fraction of sp³-hybridized carbons (Fsp3) is 0.500. The van der Waals surface area contributed by atoms with Crippen molar-refractivity contribution in [2.75, 3.05) is 38.3 Å². The van der Waals surface area contributed by atoms with Gasteiger partial charge in [-0.3, -0.25) is 4.90 Å². The van der Waals surface area contributed by atoms with Crippen LogP contribution in [0, 0.1) is 11.6 Å². The summed E-state index contributed by atoms with van der Waals surface area (Å²) in [5.41, 5.74) is 6.17. The topological polar surface area (TPSA) is 136 Å². The molecular weight excluding hydrogens is 586 g/mol. The molecule has 242 valence electrons. The molecule has 6 rings (SSSR count). The van der Waals surface area contributed by atoms with Gasteiger partial charge in [-0.15, -0.1) is 0 Å². The number of pyridine rings is 1. The van der Waals surface area contributed by atoms with Crippen LogP contribution < -0.4 is 10.6 Å². The second-order valence-electron chi connectivity index (χ2n) is 12.1. The van der Waals surface area contributed by atoms with Crippen molar-refractivity contribution in [2.45, 2.75) is 69.6 Å². The molecule has 0 aliphatic carbocycles. The van der Waals surface area contributed by atoms with E-state index in [-0.39, 0.29) is 19.1 Å². The van der Waals surface area contributed by atoms with Crippen LogP contribution >= 0.6 is 0 Å². The SMILES string of the molecule is CC(C)(OCCO)c1cnc2n1CC(c1cccc(F)c1F)CCC2.CN1C(=O)OC2(CCN(C(N)=O)CC2)c2cccnc21. The van der Waals surface area contributed by atoms with Crippen molar-refractivity contribution in [2.24, 2.45) is 5.73 Å². The molecule has 1 aromatic carbocycles. The zero-order valence-corrected chi connectivity index (χ0v) is 25.8. The molecular formula is C32H40F2N6O5. The number of hydrogen-bond donors (Lipinski definition) is 2. The molecule has 3 aliphatic heterocycles. The highest BCUT2D eigenvalue weighted by Crippen LogP contribution is 2.44. The predicted molar refractivity (Wildman–Crippen MR) is 162 cm³/mol. The van der Waals surface area contributed by atoms with Crippen LogP contribution in [0.1, 0.15) is 68.1 Å². The number of anilines is 1. The minimum absolute atomic E-state index is 0.0540. The first kappa shape index (κ1) is 32.3. The molecule has 3 N–H and O–H groups in total. The van der Waals surface area contributed by atoms with E-state index >= 15 is 0 Å². The third kappa shape index (κ3) is 6.50. The Balaban J connectivity index is 0.000000182. The number of piperidine rings is 1. The highest BCUT2D eigenvalue weighted by atomic mass is 19.2. The number of nitrogens with two attached hydrogens (primary N) is 1. The molecule has 1 unspecified atom stereocenters. The Morgan fingerprint density at radius 3 is 2.67 bits per heavy atom. The van der Waals surface area contributed by atoms with Crippen LogP contribution in [-0.2, 0) is 33.6 Å². The van der Waals surface area contributed by atoms with Crippen molar-refractivity contribution >= 4 is 17.9 Å². The average molecular weight is 627 g/mol. The number of aliphatic hydroxyl groups excluding tert-OH is 1. The lowest BCUT2D eigenvalue weighted by Crippen LogP contribution is -2.52. The van der Waals surface area contributed by atoms with E-state index in [0.29, 0.717) is 43.9 Å². The van der Waals surface area contributed by atoms with E-state index in [2.05, 4.69) is 14.5 Å². The maximum atomic E-state index is 14.3. The molecule has 13 heteroatoms. The van der Waals surface area contributed by atoms with E-state index in [0.717, 1.165) is 42.4 Å². The summed E-state index contributed by atoms with van der Waals surface area (Å²) < 4.78 is 41.4. The number of carbonyl (C=O) groups is 2. The van der Waals surface area contributed by atoms with Crippen molar-refractivity contribution in [1.82, 2.24) is 19.4 Å². The van der Waals surface area contributed by atoms with Crippen molar-refractivity contribution in [3.63, 3.8) is 0 Å².